The zero-order valence-corrected chi connectivity index (χ0v) is 15.5. The summed E-state index contributed by atoms with van der Waals surface area (Å²) < 4.78 is 15.8. The lowest BCUT2D eigenvalue weighted by Crippen LogP contribution is -2.12. The first-order chi connectivity index (χ1) is 12.0. The molecule has 25 heavy (non-hydrogen) atoms. The van der Waals surface area contributed by atoms with Crippen molar-refractivity contribution in [3.05, 3.63) is 58.1 Å². The molecule has 0 atom stereocenters. The molecular weight excluding hydrogens is 390 g/mol. The molecule has 1 amide bonds. The monoisotopic (exact) mass is 407 g/mol. The van der Waals surface area contributed by atoms with E-state index in [1.165, 1.54) is 7.11 Å². The minimum Gasteiger partial charge on any atom is -0.490 e. The summed E-state index contributed by atoms with van der Waals surface area (Å²) in [5.41, 5.74) is 1.47. The van der Waals surface area contributed by atoms with Crippen LogP contribution in [0.4, 0.5) is 5.69 Å². The number of hydrogen-bond donors (Lipinski definition) is 1. The third-order valence-electron chi connectivity index (χ3n) is 3.30. The van der Waals surface area contributed by atoms with Gasteiger partial charge in [0, 0.05) is 18.4 Å². The van der Waals surface area contributed by atoms with E-state index in [0.29, 0.717) is 40.3 Å². The third kappa shape index (κ3) is 5.30. The summed E-state index contributed by atoms with van der Waals surface area (Å²) in [6.45, 7) is 0.906. The van der Waals surface area contributed by atoms with Crippen LogP contribution in [0, 0.1) is 0 Å². The Morgan fingerprint density at radius 3 is 2.28 bits per heavy atom. The van der Waals surface area contributed by atoms with Crippen LogP contribution in [0.3, 0.4) is 0 Å². The van der Waals surface area contributed by atoms with Crippen LogP contribution >= 0.6 is 15.9 Å². The van der Waals surface area contributed by atoms with Gasteiger partial charge < -0.3 is 19.5 Å². The van der Waals surface area contributed by atoms with Crippen LogP contribution in [0.15, 0.2) is 46.9 Å². The normalized spacial score (nSPS) is 10.2. The molecule has 2 aromatic rings. The zero-order valence-electron chi connectivity index (χ0n) is 13.9. The number of nitrogens with one attached hydrogen (secondary N) is 1. The molecule has 0 bridgehead atoms. The van der Waals surface area contributed by atoms with Gasteiger partial charge in [0.2, 0.25) is 0 Å². The van der Waals surface area contributed by atoms with Crippen molar-refractivity contribution < 1.29 is 23.8 Å². The maximum Gasteiger partial charge on any atom is 0.337 e. The number of benzene rings is 2. The molecule has 6 nitrogen and oxygen atoms in total. The van der Waals surface area contributed by atoms with Crippen molar-refractivity contribution in [1.29, 1.82) is 0 Å². The first-order valence-corrected chi connectivity index (χ1v) is 8.25. The van der Waals surface area contributed by atoms with Crippen molar-refractivity contribution in [3.8, 4) is 5.75 Å². The Balaban J connectivity index is 2.03. The Labute approximate surface area is 154 Å². The number of halogens is 1. The van der Waals surface area contributed by atoms with Gasteiger partial charge in [-0.25, -0.2) is 4.79 Å². The molecule has 0 unspecified atom stereocenters. The molecule has 0 radical (unpaired) electrons. The van der Waals surface area contributed by atoms with E-state index in [1.54, 1.807) is 49.6 Å². The Morgan fingerprint density at radius 2 is 1.68 bits per heavy atom. The number of methoxy groups -OCH3 is 2. The Bertz CT molecular complexity index is 746. The Hall–Kier alpha value is -2.38. The highest BCUT2D eigenvalue weighted by molar-refractivity contribution is 9.10. The average Bonchev–Trinajstić information content (AvgIpc) is 2.63. The number of amides is 1. The molecule has 1 N–H and O–H groups in total. The van der Waals surface area contributed by atoms with Crippen molar-refractivity contribution in [2.45, 2.75) is 0 Å². The first kappa shape index (κ1) is 19.0. The van der Waals surface area contributed by atoms with Crippen molar-refractivity contribution in [2.75, 3.05) is 32.8 Å². The van der Waals surface area contributed by atoms with E-state index in [4.69, 9.17) is 9.47 Å². The molecule has 2 rings (SSSR count). The van der Waals surface area contributed by atoms with Gasteiger partial charge in [0.25, 0.3) is 5.91 Å². The Kier molecular flexibility index (Phi) is 6.97. The second-order valence-electron chi connectivity index (χ2n) is 5.01. The van der Waals surface area contributed by atoms with Crippen molar-refractivity contribution in [3.63, 3.8) is 0 Å². The molecule has 2 aromatic carbocycles. The minimum atomic E-state index is -0.425. The molecule has 0 saturated heterocycles. The molecule has 0 aliphatic rings. The van der Waals surface area contributed by atoms with Crippen molar-refractivity contribution in [1.82, 2.24) is 0 Å². The summed E-state index contributed by atoms with van der Waals surface area (Å²) in [4.78, 5) is 23.7. The van der Waals surface area contributed by atoms with Crippen molar-refractivity contribution in [2.24, 2.45) is 0 Å². The van der Waals surface area contributed by atoms with Gasteiger partial charge in [-0.1, -0.05) is 0 Å². The van der Waals surface area contributed by atoms with E-state index in [2.05, 4.69) is 26.0 Å². The summed E-state index contributed by atoms with van der Waals surface area (Å²) in [6, 6.07) is 11.5. The topological polar surface area (TPSA) is 73.9 Å². The van der Waals surface area contributed by atoms with Crippen LogP contribution in [0.2, 0.25) is 0 Å². The largest absolute Gasteiger partial charge is 0.490 e. The van der Waals surface area contributed by atoms with Crippen LogP contribution in [0.1, 0.15) is 20.7 Å². The number of carbonyl (C=O) groups excluding carboxylic acids is 2. The van der Waals surface area contributed by atoms with Crippen molar-refractivity contribution >= 4 is 33.5 Å². The minimum absolute atomic E-state index is 0.269. The van der Waals surface area contributed by atoms with Gasteiger partial charge >= 0.3 is 5.97 Å². The highest BCUT2D eigenvalue weighted by Crippen LogP contribution is 2.26. The van der Waals surface area contributed by atoms with Crippen LogP contribution in [0.25, 0.3) is 0 Å². The van der Waals surface area contributed by atoms with Gasteiger partial charge in [0.15, 0.2) is 0 Å². The van der Waals surface area contributed by atoms with Gasteiger partial charge in [-0.05, 0) is 58.4 Å². The third-order valence-corrected chi connectivity index (χ3v) is 3.92. The predicted molar refractivity (Wildman–Crippen MR) is 97.2 cm³/mol. The van der Waals surface area contributed by atoms with Gasteiger partial charge in [-0.3, -0.25) is 4.79 Å². The molecule has 0 aromatic heterocycles. The maximum atomic E-state index is 12.3. The highest BCUT2D eigenvalue weighted by atomic mass is 79.9. The van der Waals surface area contributed by atoms with Crippen LogP contribution in [0.5, 0.6) is 5.75 Å². The lowest BCUT2D eigenvalue weighted by Gasteiger charge is -2.10. The highest BCUT2D eigenvalue weighted by Gasteiger charge is 2.11. The predicted octanol–water partition coefficient (Wildman–Crippen LogP) is 3.51. The van der Waals surface area contributed by atoms with E-state index in [0.717, 1.165) is 0 Å². The number of rotatable bonds is 7. The number of esters is 1. The fourth-order valence-corrected chi connectivity index (χ4v) is 2.50. The molecule has 0 heterocycles. The first-order valence-electron chi connectivity index (χ1n) is 7.46. The second kappa shape index (κ2) is 9.19. The van der Waals surface area contributed by atoms with E-state index < -0.39 is 5.97 Å². The number of carbonyl (C=O) groups is 2. The van der Waals surface area contributed by atoms with Gasteiger partial charge in [0.1, 0.15) is 12.4 Å². The summed E-state index contributed by atoms with van der Waals surface area (Å²) in [5, 5.41) is 2.77. The van der Waals surface area contributed by atoms with Crippen LogP contribution in [-0.2, 0) is 9.47 Å². The van der Waals surface area contributed by atoms with E-state index >= 15 is 0 Å². The fraction of sp³-hybridized carbons (Fsp3) is 0.222. The van der Waals surface area contributed by atoms with Gasteiger partial charge in [0.05, 0.1) is 23.8 Å². The molecule has 0 aliphatic carbocycles. The zero-order chi connectivity index (χ0) is 18.2. The molecule has 0 aliphatic heterocycles. The maximum absolute atomic E-state index is 12.3. The van der Waals surface area contributed by atoms with E-state index in [9.17, 15) is 9.59 Å². The average molecular weight is 408 g/mol. The van der Waals surface area contributed by atoms with Crippen LogP contribution in [-0.4, -0.2) is 39.3 Å². The number of hydrogen-bond acceptors (Lipinski definition) is 5. The molecular formula is C18H18BrNO5. The summed E-state index contributed by atoms with van der Waals surface area (Å²) >= 11 is 3.39. The number of ether oxygens (including phenoxy) is 3. The van der Waals surface area contributed by atoms with E-state index in [1.807, 2.05) is 0 Å². The van der Waals surface area contributed by atoms with Gasteiger partial charge in [-0.15, -0.1) is 0 Å². The van der Waals surface area contributed by atoms with Crippen LogP contribution < -0.4 is 10.1 Å². The lowest BCUT2D eigenvalue weighted by molar-refractivity contribution is 0.0600. The fourth-order valence-electron chi connectivity index (χ4n) is 2.00. The molecule has 7 heteroatoms. The molecule has 132 valence electrons. The lowest BCUT2D eigenvalue weighted by atomic mass is 10.1. The smallest absolute Gasteiger partial charge is 0.337 e. The standard InChI is InChI=1S/C18H18BrNO5/c1-23-9-10-25-16-8-5-13(11-15(16)19)17(21)20-14-6-3-12(4-7-14)18(22)24-2/h3-8,11H,9-10H2,1-2H3,(H,20,21). The summed E-state index contributed by atoms with van der Waals surface area (Å²) in [5.74, 6) is -0.0585. The van der Waals surface area contributed by atoms with E-state index in [-0.39, 0.29) is 5.91 Å². The SMILES string of the molecule is COCCOc1ccc(C(=O)Nc2ccc(C(=O)OC)cc2)cc1Br. The quantitative estimate of drug-likeness (QED) is 0.561. The molecule has 0 saturated carbocycles. The second-order valence-corrected chi connectivity index (χ2v) is 5.86. The van der Waals surface area contributed by atoms with Gasteiger partial charge in [-0.2, -0.15) is 0 Å². The summed E-state index contributed by atoms with van der Waals surface area (Å²) in [7, 11) is 2.92. The summed E-state index contributed by atoms with van der Waals surface area (Å²) in [6.07, 6.45) is 0. The Morgan fingerprint density at radius 1 is 1.00 bits per heavy atom. The number of anilines is 1. The molecule has 0 fully saturated rings. The molecule has 0 spiro atoms.